The molecule has 6 nitrogen and oxygen atoms in total. The maximum Gasteiger partial charge on any atom is 0.416 e. The van der Waals surface area contributed by atoms with Gasteiger partial charge in [-0.25, -0.2) is 8.42 Å². The molecule has 1 aliphatic rings. The minimum Gasteiger partial charge on any atom is -0.351 e. The number of fused-ring (bicyclic) bond motifs is 1. The van der Waals surface area contributed by atoms with Gasteiger partial charge in [0, 0.05) is 26.3 Å². The molecule has 0 unspecified atom stereocenters. The first-order chi connectivity index (χ1) is 12.1. The molecule has 1 N–H and O–H groups in total. The fraction of sp³-hybridized carbons (Fsp3) is 0.312. The first kappa shape index (κ1) is 18.3. The van der Waals surface area contributed by atoms with Crippen molar-refractivity contribution >= 4 is 21.6 Å². The van der Waals surface area contributed by atoms with Crippen LogP contribution in [0.25, 0.3) is 0 Å². The van der Waals surface area contributed by atoms with E-state index in [4.69, 9.17) is 0 Å². The van der Waals surface area contributed by atoms with Crippen LogP contribution in [-0.4, -0.2) is 32.5 Å². The maximum atomic E-state index is 12.9. The Balaban J connectivity index is 1.99. The lowest BCUT2D eigenvalue weighted by molar-refractivity contribution is -0.137. The average Bonchev–Trinajstić information content (AvgIpc) is 2.95. The van der Waals surface area contributed by atoms with Crippen LogP contribution in [0.5, 0.6) is 0 Å². The van der Waals surface area contributed by atoms with Crippen molar-refractivity contribution in [2.45, 2.75) is 24.0 Å². The van der Waals surface area contributed by atoms with Gasteiger partial charge in [0.15, 0.2) is 0 Å². The molecule has 1 aromatic carbocycles. The summed E-state index contributed by atoms with van der Waals surface area (Å²) in [6, 6.07) is 5.30. The molecule has 0 spiro atoms. The van der Waals surface area contributed by atoms with Crippen LogP contribution in [0.3, 0.4) is 0 Å². The molecule has 0 saturated carbocycles. The number of nitrogens with zero attached hydrogens (tertiary/aromatic N) is 2. The zero-order valence-electron chi connectivity index (χ0n) is 13.7. The number of carbonyl (C=O) groups is 1. The summed E-state index contributed by atoms with van der Waals surface area (Å²) in [4.78, 5) is 11.8. The standard InChI is InChI=1S/C16H16F3N3O3S/c1-21(12-5-2-4-11(8-12)16(17,18)19)26(24,25)13-9-14-15(23)20-6-3-7-22(14)10-13/h2,4-5,8-10H,3,6-7H2,1H3,(H,20,23). The predicted octanol–water partition coefficient (Wildman–Crippen LogP) is 2.47. The minimum atomic E-state index is -4.58. The molecule has 1 aliphatic heterocycles. The van der Waals surface area contributed by atoms with Crippen molar-refractivity contribution in [1.82, 2.24) is 9.88 Å². The van der Waals surface area contributed by atoms with Gasteiger partial charge in [-0.15, -0.1) is 0 Å². The molecule has 2 heterocycles. The van der Waals surface area contributed by atoms with E-state index in [1.54, 1.807) is 0 Å². The number of carbonyl (C=O) groups excluding carboxylic acids is 1. The Morgan fingerprint density at radius 3 is 2.65 bits per heavy atom. The van der Waals surface area contributed by atoms with Gasteiger partial charge in [-0.05, 0) is 30.7 Å². The van der Waals surface area contributed by atoms with E-state index in [-0.39, 0.29) is 22.2 Å². The van der Waals surface area contributed by atoms with Crippen molar-refractivity contribution in [3.8, 4) is 0 Å². The number of alkyl halides is 3. The van der Waals surface area contributed by atoms with E-state index in [0.29, 0.717) is 19.5 Å². The quantitative estimate of drug-likeness (QED) is 0.880. The highest BCUT2D eigenvalue weighted by atomic mass is 32.2. The van der Waals surface area contributed by atoms with Crippen molar-refractivity contribution in [2.75, 3.05) is 17.9 Å². The second-order valence-corrected chi connectivity index (χ2v) is 7.85. The number of benzene rings is 1. The summed E-state index contributed by atoms with van der Waals surface area (Å²) >= 11 is 0. The molecule has 0 atom stereocenters. The summed E-state index contributed by atoms with van der Waals surface area (Å²) in [6.45, 7) is 0.962. The van der Waals surface area contributed by atoms with E-state index in [9.17, 15) is 26.4 Å². The Bertz CT molecular complexity index is 951. The van der Waals surface area contributed by atoms with E-state index in [0.717, 1.165) is 22.5 Å². The van der Waals surface area contributed by atoms with Crippen LogP contribution in [0.2, 0.25) is 0 Å². The highest BCUT2D eigenvalue weighted by Crippen LogP contribution is 2.33. The molecule has 26 heavy (non-hydrogen) atoms. The van der Waals surface area contributed by atoms with Crippen LogP contribution in [0.15, 0.2) is 41.4 Å². The zero-order valence-corrected chi connectivity index (χ0v) is 14.6. The fourth-order valence-corrected chi connectivity index (χ4v) is 3.95. The van der Waals surface area contributed by atoms with Gasteiger partial charge < -0.3 is 9.88 Å². The van der Waals surface area contributed by atoms with Crippen LogP contribution in [0, 0.1) is 0 Å². The monoisotopic (exact) mass is 387 g/mol. The zero-order chi connectivity index (χ0) is 19.1. The first-order valence-electron chi connectivity index (χ1n) is 7.75. The van der Waals surface area contributed by atoms with Gasteiger partial charge in [0.2, 0.25) is 0 Å². The molecule has 0 radical (unpaired) electrons. The van der Waals surface area contributed by atoms with Gasteiger partial charge in [-0.2, -0.15) is 13.2 Å². The number of hydrogen-bond donors (Lipinski definition) is 1. The predicted molar refractivity (Wildman–Crippen MR) is 88.4 cm³/mol. The minimum absolute atomic E-state index is 0.120. The number of amides is 1. The molecular weight excluding hydrogens is 371 g/mol. The topological polar surface area (TPSA) is 71.4 Å². The summed E-state index contributed by atoms with van der Waals surface area (Å²) in [5.41, 5.74) is -0.853. The Morgan fingerprint density at radius 1 is 1.23 bits per heavy atom. The molecule has 0 aliphatic carbocycles. The number of hydrogen-bond acceptors (Lipinski definition) is 3. The lowest BCUT2D eigenvalue weighted by Gasteiger charge is -2.20. The molecule has 1 aromatic heterocycles. The third-order valence-electron chi connectivity index (χ3n) is 4.16. The maximum absolute atomic E-state index is 12.9. The fourth-order valence-electron chi connectivity index (χ4n) is 2.72. The number of nitrogens with one attached hydrogen (secondary N) is 1. The Hall–Kier alpha value is -2.49. The van der Waals surface area contributed by atoms with Crippen LogP contribution in [0.4, 0.5) is 18.9 Å². The van der Waals surface area contributed by atoms with E-state index in [1.165, 1.54) is 29.9 Å². The lowest BCUT2D eigenvalue weighted by atomic mass is 10.2. The SMILES string of the molecule is CN(c1cccc(C(F)(F)F)c1)S(=O)(=O)c1cc2n(c1)CCCNC2=O. The van der Waals surface area contributed by atoms with Crippen molar-refractivity contribution in [2.24, 2.45) is 0 Å². The number of sulfonamides is 1. The van der Waals surface area contributed by atoms with E-state index in [2.05, 4.69) is 5.32 Å². The highest BCUT2D eigenvalue weighted by Gasteiger charge is 2.32. The van der Waals surface area contributed by atoms with Gasteiger partial charge in [-0.3, -0.25) is 9.10 Å². The smallest absolute Gasteiger partial charge is 0.351 e. The van der Waals surface area contributed by atoms with E-state index < -0.39 is 21.8 Å². The molecule has 0 saturated heterocycles. The molecule has 10 heteroatoms. The van der Waals surface area contributed by atoms with E-state index >= 15 is 0 Å². The normalized spacial score (nSPS) is 15.2. The number of anilines is 1. The summed E-state index contributed by atoms with van der Waals surface area (Å²) in [6.07, 6.45) is -2.59. The average molecular weight is 387 g/mol. The van der Waals surface area contributed by atoms with Gasteiger partial charge >= 0.3 is 6.18 Å². The van der Waals surface area contributed by atoms with Gasteiger partial charge in [0.25, 0.3) is 15.9 Å². The number of rotatable bonds is 3. The summed E-state index contributed by atoms with van der Waals surface area (Å²) in [5.74, 6) is -0.384. The largest absolute Gasteiger partial charge is 0.416 e. The molecule has 0 bridgehead atoms. The van der Waals surface area contributed by atoms with Crippen molar-refractivity contribution < 1.29 is 26.4 Å². The van der Waals surface area contributed by atoms with Crippen LogP contribution in [-0.2, 0) is 22.7 Å². The number of aryl methyl sites for hydroxylation is 1. The Labute approximate surface area is 148 Å². The lowest BCUT2D eigenvalue weighted by Crippen LogP contribution is -2.27. The molecule has 3 rings (SSSR count). The third-order valence-corrected chi connectivity index (χ3v) is 5.91. The van der Waals surface area contributed by atoms with Crippen LogP contribution >= 0.6 is 0 Å². The summed E-state index contributed by atoms with van der Waals surface area (Å²) in [5, 5.41) is 2.66. The second-order valence-electron chi connectivity index (χ2n) is 5.88. The van der Waals surface area contributed by atoms with Gasteiger partial charge in [0.05, 0.1) is 11.3 Å². The van der Waals surface area contributed by atoms with Gasteiger partial charge in [-0.1, -0.05) is 6.07 Å². The number of halogens is 3. The molecule has 140 valence electrons. The van der Waals surface area contributed by atoms with Crippen molar-refractivity contribution in [1.29, 1.82) is 0 Å². The summed E-state index contributed by atoms with van der Waals surface area (Å²) in [7, 11) is -2.94. The highest BCUT2D eigenvalue weighted by molar-refractivity contribution is 7.92. The number of aromatic nitrogens is 1. The van der Waals surface area contributed by atoms with Crippen LogP contribution in [0.1, 0.15) is 22.5 Å². The van der Waals surface area contributed by atoms with Crippen LogP contribution < -0.4 is 9.62 Å². The molecule has 2 aromatic rings. The van der Waals surface area contributed by atoms with Crippen molar-refractivity contribution in [3.05, 3.63) is 47.8 Å². The van der Waals surface area contributed by atoms with Crippen molar-refractivity contribution in [3.63, 3.8) is 0 Å². The van der Waals surface area contributed by atoms with E-state index in [1.807, 2.05) is 0 Å². The Morgan fingerprint density at radius 2 is 1.96 bits per heavy atom. The van der Waals surface area contributed by atoms with Gasteiger partial charge in [0.1, 0.15) is 10.6 Å². The molecule has 0 fully saturated rings. The first-order valence-corrected chi connectivity index (χ1v) is 9.19. The molecular formula is C16H16F3N3O3S. The molecule has 1 amide bonds. The second kappa shape index (κ2) is 6.35. The third kappa shape index (κ3) is 3.28. The summed E-state index contributed by atoms with van der Waals surface area (Å²) < 4.78 is 66.5. The Kier molecular flexibility index (Phi) is 4.47.